The van der Waals surface area contributed by atoms with Gasteiger partial charge in [0.05, 0.1) is 26.9 Å². The van der Waals surface area contributed by atoms with Crippen LogP contribution in [0.15, 0.2) is 40.9 Å². The molecule has 186 valence electrons. The minimum Gasteiger partial charge on any atom is -0.493 e. The molecule has 0 N–H and O–H groups in total. The Kier molecular flexibility index (Phi) is 6.86. The summed E-state index contributed by atoms with van der Waals surface area (Å²) in [6.07, 6.45) is -3.32. The molecule has 4 rings (SSSR count). The third-order valence-electron chi connectivity index (χ3n) is 5.93. The van der Waals surface area contributed by atoms with Gasteiger partial charge in [0.2, 0.25) is 17.5 Å². The summed E-state index contributed by atoms with van der Waals surface area (Å²) in [5, 5.41) is 3.87. The fourth-order valence-electron chi connectivity index (χ4n) is 4.07. The van der Waals surface area contributed by atoms with Crippen molar-refractivity contribution in [2.45, 2.75) is 24.9 Å². The fourth-order valence-corrected chi connectivity index (χ4v) is 4.07. The molecule has 8 nitrogen and oxygen atoms in total. The van der Waals surface area contributed by atoms with Gasteiger partial charge in [-0.25, -0.2) is 0 Å². The molecule has 0 atom stereocenters. The molecule has 0 aliphatic carbocycles. The molecule has 2 heterocycles. The van der Waals surface area contributed by atoms with Gasteiger partial charge >= 0.3 is 6.18 Å². The highest BCUT2D eigenvalue weighted by molar-refractivity contribution is 5.95. The van der Waals surface area contributed by atoms with E-state index in [0.717, 1.165) is 12.1 Å². The Morgan fingerprint density at radius 3 is 2.26 bits per heavy atom. The molecule has 1 aromatic heterocycles. The van der Waals surface area contributed by atoms with E-state index in [1.807, 2.05) is 0 Å². The quantitative estimate of drug-likeness (QED) is 0.490. The second-order valence-electron chi connectivity index (χ2n) is 8.02. The van der Waals surface area contributed by atoms with Crippen LogP contribution in [0.1, 0.15) is 40.6 Å². The molecule has 0 radical (unpaired) electrons. The molecule has 0 saturated carbocycles. The van der Waals surface area contributed by atoms with Crippen LogP contribution in [0.3, 0.4) is 0 Å². The fraction of sp³-hybridized carbons (Fsp3) is 0.375. The number of piperidine rings is 1. The highest BCUT2D eigenvalue weighted by Crippen LogP contribution is 2.39. The van der Waals surface area contributed by atoms with Crippen LogP contribution in [0, 0.1) is 0 Å². The number of ether oxygens (including phenoxy) is 3. The predicted molar refractivity (Wildman–Crippen MR) is 119 cm³/mol. The number of hydrogen-bond donors (Lipinski definition) is 0. The van der Waals surface area contributed by atoms with Gasteiger partial charge in [-0.1, -0.05) is 17.3 Å². The Bertz CT molecular complexity index is 1180. The number of nitrogens with zero attached hydrogens (tertiary/aromatic N) is 3. The predicted octanol–water partition coefficient (Wildman–Crippen LogP) is 4.80. The van der Waals surface area contributed by atoms with Crippen molar-refractivity contribution in [1.29, 1.82) is 0 Å². The number of carbonyl (C=O) groups excluding carboxylic acids is 1. The first kappa shape index (κ1) is 24.4. The third kappa shape index (κ3) is 5.03. The average Bonchev–Trinajstić information content (AvgIpc) is 3.37. The molecule has 1 saturated heterocycles. The lowest BCUT2D eigenvalue weighted by Gasteiger charge is -2.30. The van der Waals surface area contributed by atoms with Gasteiger partial charge in [-0.05, 0) is 37.1 Å². The maximum absolute atomic E-state index is 13.1. The van der Waals surface area contributed by atoms with Crippen LogP contribution in [-0.2, 0) is 6.18 Å². The van der Waals surface area contributed by atoms with Gasteiger partial charge in [-0.2, -0.15) is 18.2 Å². The summed E-state index contributed by atoms with van der Waals surface area (Å²) in [6, 6.07) is 8.01. The number of aromatic nitrogens is 2. The molecule has 3 aromatic rings. The number of rotatable bonds is 6. The molecule has 0 bridgehead atoms. The van der Waals surface area contributed by atoms with E-state index in [0.29, 0.717) is 54.6 Å². The Morgan fingerprint density at radius 1 is 1.03 bits per heavy atom. The van der Waals surface area contributed by atoms with E-state index in [1.165, 1.54) is 33.5 Å². The number of likely N-dealkylation sites (tertiary alicyclic amines) is 1. The van der Waals surface area contributed by atoms with E-state index in [1.54, 1.807) is 17.0 Å². The van der Waals surface area contributed by atoms with Crippen molar-refractivity contribution >= 4 is 5.91 Å². The molecular weight excluding hydrogens is 467 g/mol. The lowest BCUT2D eigenvalue weighted by atomic mass is 9.96. The number of hydrogen-bond acceptors (Lipinski definition) is 7. The maximum Gasteiger partial charge on any atom is 0.416 e. The molecule has 35 heavy (non-hydrogen) atoms. The third-order valence-corrected chi connectivity index (χ3v) is 5.93. The normalized spacial score (nSPS) is 14.6. The zero-order chi connectivity index (χ0) is 25.2. The van der Waals surface area contributed by atoms with Gasteiger partial charge in [0.1, 0.15) is 0 Å². The summed E-state index contributed by atoms with van der Waals surface area (Å²) >= 11 is 0. The number of carbonyl (C=O) groups is 1. The van der Waals surface area contributed by atoms with E-state index >= 15 is 0 Å². The van der Waals surface area contributed by atoms with Crippen molar-refractivity contribution in [3.05, 3.63) is 53.4 Å². The molecule has 2 aromatic carbocycles. The molecule has 1 aliphatic heterocycles. The van der Waals surface area contributed by atoms with Gasteiger partial charge in [0.15, 0.2) is 11.5 Å². The second kappa shape index (κ2) is 9.85. The number of halogens is 3. The molecule has 1 fully saturated rings. The van der Waals surface area contributed by atoms with Crippen molar-refractivity contribution in [2.75, 3.05) is 34.4 Å². The molecule has 1 amide bonds. The molecular formula is C24H24F3N3O5. The standard InChI is InChI=1S/C24H24F3N3O5/c1-32-18-12-16(13-19(33-2)20(18)34-3)23(31)30-9-7-14(8-10-30)22-28-21(29-35-22)15-5-4-6-17(11-15)24(25,26)27/h4-6,11-14H,7-10H2,1-3H3. The minimum atomic E-state index is -4.46. The van der Waals surface area contributed by atoms with E-state index in [-0.39, 0.29) is 23.2 Å². The summed E-state index contributed by atoms with van der Waals surface area (Å²) in [5.41, 5.74) is -0.146. The highest BCUT2D eigenvalue weighted by atomic mass is 19.4. The molecule has 11 heteroatoms. The molecule has 1 aliphatic rings. The summed E-state index contributed by atoms with van der Waals surface area (Å²) < 4.78 is 60.4. The van der Waals surface area contributed by atoms with Crippen LogP contribution in [0.5, 0.6) is 17.2 Å². The first-order valence-corrected chi connectivity index (χ1v) is 10.9. The van der Waals surface area contributed by atoms with E-state index in [4.69, 9.17) is 18.7 Å². The number of benzene rings is 2. The Labute approximate surface area is 199 Å². The maximum atomic E-state index is 13.1. The SMILES string of the molecule is COc1cc(C(=O)N2CCC(c3nc(-c4cccc(C(F)(F)F)c4)no3)CC2)cc(OC)c1OC. The molecule has 0 unspecified atom stereocenters. The zero-order valence-corrected chi connectivity index (χ0v) is 19.4. The second-order valence-corrected chi connectivity index (χ2v) is 8.02. The summed E-state index contributed by atoms with van der Waals surface area (Å²) in [7, 11) is 4.45. The van der Waals surface area contributed by atoms with E-state index < -0.39 is 11.7 Å². The van der Waals surface area contributed by atoms with Crippen LogP contribution in [0.4, 0.5) is 13.2 Å². The van der Waals surface area contributed by atoms with Crippen LogP contribution < -0.4 is 14.2 Å². The topological polar surface area (TPSA) is 86.9 Å². The van der Waals surface area contributed by atoms with Crippen LogP contribution >= 0.6 is 0 Å². The van der Waals surface area contributed by atoms with Crippen molar-refractivity contribution in [3.63, 3.8) is 0 Å². The van der Waals surface area contributed by atoms with Gasteiger partial charge < -0.3 is 23.6 Å². The van der Waals surface area contributed by atoms with Crippen LogP contribution in [0.2, 0.25) is 0 Å². The average molecular weight is 491 g/mol. The minimum absolute atomic E-state index is 0.0991. The van der Waals surface area contributed by atoms with Crippen LogP contribution in [-0.4, -0.2) is 55.4 Å². The van der Waals surface area contributed by atoms with E-state index in [9.17, 15) is 18.0 Å². The number of methoxy groups -OCH3 is 3. The number of alkyl halides is 3. The summed E-state index contributed by atoms with van der Waals surface area (Å²) in [5.74, 6) is 1.33. The zero-order valence-electron chi connectivity index (χ0n) is 19.4. The highest BCUT2D eigenvalue weighted by Gasteiger charge is 2.32. The van der Waals surface area contributed by atoms with Gasteiger partial charge in [0.25, 0.3) is 5.91 Å². The van der Waals surface area contributed by atoms with Crippen molar-refractivity contribution in [3.8, 4) is 28.6 Å². The Hall–Kier alpha value is -3.76. The van der Waals surface area contributed by atoms with E-state index in [2.05, 4.69) is 10.1 Å². The van der Waals surface area contributed by atoms with Crippen molar-refractivity contribution < 1.29 is 36.7 Å². The van der Waals surface area contributed by atoms with Gasteiger partial charge in [-0.15, -0.1) is 0 Å². The summed E-state index contributed by atoms with van der Waals surface area (Å²) in [6.45, 7) is 0.892. The molecule has 0 spiro atoms. The lowest BCUT2D eigenvalue weighted by Crippen LogP contribution is -2.38. The monoisotopic (exact) mass is 491 g/mol. The van der Waals surface area contributed by atoms with Gasteiger partial charge in [-0.3, -0.25) is 4.79 Å². The summed E-state index contributed by atoms with van der Waals surface area (Å²) in [4.78, 5) is 19.1. The Morgan fingerprint density at radius 2 is 1.69 bits per heavy atom. The van der Waals surface area contributed by atoms with Crippen LogP contribution in [0.25, 0.3) is 11.4 Å². The first-order valence-electron chi connectivity index (χ1n) is 10.9. The van der Waals surface area contributed by atoms with Gasteiger partial charge in [0, 0.05) is 30.1 Å². The smallest absolute Gasteiger partial charge is 0.416 e. The first-order chi connectivity index (χ1) is 16.7. The largest absolute Gasteiger partial charge is 0.493 e. The number of amides is 1. The Balaban J connectivity index is 1.45. The van der Waals surface area contributed by atoms with Crippen molar-refractivity contribution in [1.82, 2.24) is 15.0 Å². The van der Waals surface area contributed by atoms with Crippen molar-refractivity contribution in [2.24, 2.45) is 0 Å². The lowest BCUT2D eigenvalue weighted by molar-refractivity contribution is -0.137.